The van der Waals surface area contributed by atoms with Crippen LogP contribution in [0.2, 0.25) is 0 Å². The molecule has 2 aromatic rings. The third-order valence-electron chi connectivity index (χ3n) is 3.56. The minimum Gasteiger partial charge on any atom is -0.493 e. The van der Waals surface area contributed by atoms with Gasteiger partial charge in [-0.15, -0.1) is 0 Å². The Kier molecular flexibility index (Phi) is 6.49. The summed E-state index contributed by atoms with van der Waals surface area (Å²) in [5.41, 5.74) is -0.801. The van der Waals surface area contributed by atoms with Gasteiger partial charge < -0.3 is 18.9 Å². The summed E-state index contributed by atoms with van der Waals surface area (Å²) in [6.45, 7) is 0.411. The maximum Gasteiger partial charge on any atom is 0.337 e. The number of ether oxygens (including phenoxy) is 4. The van der Waals surface area contributed by atoms with Gasteiger partial charge >= 0.3 is 5.97 Å². The molecule has 0 amide bonds. The van der Waals surface area contributed by atoms with Crippen LogP contribution in [-0.4, -0.2) is 26.8 Å². The van der Waals surface area contributed by atoms with Crippen molar-refractivity contribution in [2.24, 2.45) is 0 Å². The first-order valence-electron chi connectivity index (χ1n) is 7.72. The van der Waals surface area contributed by atoms with Gasteiger partial charge in [-0.2, -0.15) is 8.78 Å². The van der Waals surface area contributed by atoms with Crippen LogP contribution in [0.15, 0.2) is 18.2 Å². The van der Waals surface area contributed by atoms with E-state index in [1.54, 1.807) is 0 Å². The van der Waals surface area contributed by atoms with E-state index in [4.69, 9.17) is 9.47 Å². The summed E-state index contributed by atoms with van der Waals surface area (Å²) < 4.78 is 75.4. The Morgan fingerprint density at radius 2 is 1.56 bits per heavy atom. The molecule has 2 rings (SSSR count). The summed E-state index contributed by atoms with van der Waals surface area (Å²) in [5.74, 6) is -8.25. The maximum atomic E-state index is 14.1. The van der Waals surface area contributed by atoms with Gasteiger partial charge in [0.2, 0.25) is 11.6 Å². The van der Waals surface area contributed by atoms with Crippen molar-refractivity contribution in [1.82, 2.24) is 0 Å². The zero-order chi connectivity index (χ0) is 20.1. The molecule has 0 heterocycles. The van der Waals surface area contributed by atoms with Gasteiger partial charge in [-0.3, -0.25) is 0 Å². The molecule has 0 fully saturated rings. The van der Waals surface area contributed by atoms with Crippen LogP contribution < -0.4 is 14.2 Å². The molecule has 0 spiro atoms. The SMILES string of the molecule is CCOc1c(F)c(F)c(COc2ccc(C(=O)OC)cc2OC)c(F)c1F. The van der Waals surface area contributed by atoms with Crippen LogP contribution in [0.4, 0.5) is 17.6 Å². The van der Waals surface area contributed by atoms with E-state index < -0.39 is 47.2 Å². The molecule has 5 nitrogen and oxygen atoms in total. The summed E-state index contributed by atoms with van der Waals surface area (Å²) >= 11 is 0. The second-order valence-electron chi connectivity index (χ2n) is 5.14. The molecule has 146 valence electrons. The molecule has 0 aliphatic rings. The topological polar surface area (TPSA) is 54.0 Å². The fourth-order valence-corrected chi connectivity index (χ4v) is 2.24. The Morgan fingerprint density at radius 1 is 0.926 bits per heavy atom. The van der Waals surface area contributed by atoms with Gasteiger partial charge in [-0.1, -0.05) is 0 Å². The summed E-state index contributed by atoms with van der Waals surface area (Å²) in [6.07, 6.45) is 0. The highest BCUT2D eigenvalue weighted by molar-refractivity contribution is 5.90. The van der Waals surface area contributed by atoms with Crippen molar-refractivity contribution in [3.63, 3.8) is 0 Å². The standard InChI is InChI=1S/C18H16F4O5/c1-4-26-17-15(21)13(19)10(14(20)16(17)22)8-27-11-6-5-9(18(23)25-3)7-12(11)24-2/h5-7H,4,8H2,1-3H3. The lowest BCUT2D eigenvalue weighted by molar-refractivity contribution is 0.0600. The third-order valence-corrected chi connectivity index (χ3v) is 3.56. The Bertz CT molecular complexity index is 825. The highest BCUT2D eigenvalue weighted by atomic mass is 19.2. The van der Waals surface area contributed by atoms with Crippen molar-refractivity contribution in [2.45, 2.75) is 13.5 Å². The van der Waals surface area contributed by atoms with Crippen molar-refractivity contribution >= 4 is 5.97 Å². The second-order valence-corrected chi connectivity index (χ2v) is 5.14. The van der Waals surface area contributed by atoms with E-state index in [0.29, 0.717) is 0 Å². The predicted molar refractivity (Wildman–Crippen MR) is 86.1 cm³/mol. The van der Waals surface area contributed by atoms with Crippen LogP contribution >= 0.6 is 0 Å². The van der Waals surface area contributed by atoms with Crippen molar-refractivity contribution in [2.75, 3.05) is 20.8 Å². The van der Waals surface area contributed by atoms with Crippen molar-refractivity contribution in [1.29, 1.82) is 0 Å². The number of hydrogen-bond acceptors (Lipinski definition) is 5. The average molecular weight is 388 g/mol. The number of halogens is 4. The smallest absolute Gasteiger partial charge is 0.337 e. The van der Waals surface area contributed by atoms with Gasteiger partial charge in [-0.05, 0) is 25.1 Å². The Labute approximate surface area is 152 Å². The highest BCUT2D eigenvalue weighted by Gasteiger charge is 2.27. The Balaban J connectivity index is 2.33. The summed E-state index contributed by atoms with van der Waals surface area (Å²) in [4.78, 5) is 11.5. The summed E-state index contributed by atoms with van der Waals surface area (Å²) in [7, 11) is 2.47. The monoisotopic (exact) mass is 388 g/mol. The number of carbonyl (C=O) groups is 1. The fourth-order valence-electron chi connectivity index (χ4n) is 2.24. The van der Waals surface area contributed by atoms with E-state index in [-0.39, 0.29) is 23.7 Å². The van der Waals surface area contributed by atoms with Gasteiger partial charge in [-0.25, -0.2) is 13.6 Å². The van der Waals surface area contributed by atoms with Crippen LogP contribution in [-0.2, 0) is 11.3 Å². The number of benzene rings is 2. The number of rotatable bonds is 7. The van der Waals surface area contributed by atoms with Gasteiger partial charge in [0.05, 0.1) is 32.0 Å². The molecule has 0 N–H and O–H groups in total. The van der Waals surface area contributed by atoms with Gasteiger partial charge in [0, 0.05) is 0 Å². The molecule has 0 atom stereocenters. The Hall–Kier alpha value is -2.97. The quantitative estimate of drug-likeness (QED) is 0.408. The molecule has 27 heavy (non-hydrogen) atoms. The lowest BCUT2D eigenvalue weighted by Crippen LogP contribution is -2.11. The molecule has 9 heteroatoms. The van der Waals surface area contributed by atoms with Crippen LogP contribution in [0.25, 0.3) is 0 Å². The van der Waals surface area contributed by atoms with E-state index in [1.807, 2.05) is 0 Å². The lowest BCUT2D eigenvalue weighted by atomic mass is 10.1. The summed E-state index contributed by atoms with van der Waals surface area (Å²) in [6, 6.07) is 3.91. The van der Waals surface area contributed by atoms with Crippen LogP contribution in [0.3, 0.4) is 0 Å². The zero-order valence-electron chi connectivity index (χ0n) is 14.7. The Morgan fingerprint density at radius 3 is 2.07 bits per heavy atom. The number of hydrogen-bond donors (Lipinski definition) is 0. The molecule has 0 bridgehead atoms. The van der Waals surface area contributed by atoms with E-state index >= 15 is 0 Å². The van der Waals surface area contributed by atoms with Crippen molar-refractivity contribution in [3.05, 3.63) is 52.6 Å². The van der Waals surface area contributed by atoms with Gasteiger partial charge in [0.25, 0.3) is 0 Å². The maximum absolute atomic E-state index is 14.1. The van der Waals surface area contributed by atoms with E-state index in [0.717, 1.165) is 0 Å². The predicted octanol–water partition coefficient (Wildman–Crippen LogP) is 4.02. The second kappa shape index (κ2) is 8.61. The first-order valence-corrected chi connectivity index (χ1v) is 7.72. The first kappa shape index (κ1) is 20.3. The number of esters is 1. The van der Waals surface area contributed by atoms with E-state index in [2.05, 4.69) is 9.47 Å². The summed E-state index contributed by atoms with van der Waals surface area (Å²) in [5, 5.41) is 0. The molecular weight excluding hydrogens is 372 g/mol. The van der Waals surface area contributed by atoms with Gasteiger partial charge in [0.15, 0.2) is 28.9 Å². The third kappa shape index (κ3) is 4.07. The molecular formula is C18H16F4O5. The fraction of sp³-hybridized carbons (Fsp3) is 0.278. The molecule has 0 saturated heterocycles. The molecule has 0 saturated carbocycles. The van der Waals surface area contributed by atoms with Crippen LogP contribution in [0.1, 0.15) is 22.8 Å². The van der Waals surface area contributed by atoms with Crippen molar-refractivity contribution < 1.29 is 41.3 Å². The molecule has 0 aliphatic heterocycles. The minimum atomic E-state index is -1.65. The first-order chi connectivity index (χ1) is 12.8. The van der Waals surface area contributed by atoms with Crippen LogP contribution in [0.5, 0.6) is 17.2 Å². The van der Waals surface area contributed by atoms with Crippen molar-refractivity contribution in [3.8, 4) is 17.2 Å². The largest absolute Gasteiger partial charge is 0.493 e. The molecule has 0 unspecified atom stereocenters. The molecule has 0 aromatic heterocycles. The highest BCUT2D eigenvalue weighted by Crippen LogP contribution is 2.33. The average Bonchev–Trinajstić information content (AvgIpc) is 2.69. The van der Waals surface area contributed by atoms with Crippen LogP contribution in [0, 0.1) is 23.3 Å². The zero-order valence-corrected chi connectivity index (χ0v) is 14.7. The molecule has 2 aromatic carbocycles. The van der Waals surface area contributed by atoms with Gasteiger partial charge in [0.1, 0.15) is 6.61 Å². The number of methoxy groups -OCH3 is 2. The molecule has 0 radical (unpaired) electrons. The molecule has 0 aliphatic carbocycles. The minimum absolute atomic E-state index is 0.00125. The number of carbonyl (C=O) groups excluding carboxylic acids is 1. The normalized spacial score (nSPS) is 10.5. The van der Waals surface area contributed by atoms with E-state index in [9.17, 15) is 22.4 Å². The lowest BCUT2D eigenvalue weighted by Gasteiger charge is -2.14. The van der Waals surface area contributed by atoms with E-state index in [1.165, 1.54) is 39.3 Å².